The molecule has 39 heavy (non-hydrogen) atoms. The summed E-state index contributed by atoms with van der Waals surface area (Å²) < 4.78 is 5.63. The van der Waals surface area contributed by atoms with Crippen LogP contribution in [0.3, 0.4) is 0 Å². The molecular weight excluding hydrogens is 520 g/mol. The zero-order valence-electron chi connectivity index (χ0n) is 22.8. The van der Waals surface area contributed by atoms with Crippen LogP contribution < -0.4 is 10.6 Å². The maximum atomic E-state index is 12.7. The van der Waals surface area contributed by atoms with Crippen molar-refractivity contribution in [3.8, 4) is 0 Å². The summed E-state index contributed by atoms with van der Waals surface area (Å²) in [6.45, 7) is 8.27. The maximum absolute atomic E-state index is 12.7. The molecule has 208 valence electrons. The van der Waals surface area contributed by atoms with Gasteiger partial charge >= 0.3 is 6.03 Å². The molecule has 11 heteroatoms. The van der Waals surface area contributed by atoms with E-state index < -0.39 is 17.5 Å². The number of amides is 4. The highest BCUT2D eigenvalue weighted by molar-refractivity contribution is 6.31. The summed E-state index contributed by atoms with van der Waals surface area (Å²) in [6.07, 6.45) is 4.02. The number of aliphatic imine (C=N–C) groups is 1. The molecule has 0 saturated carbocycles. The van der Waals surface area contributed by atoms with Gasteiger partial charge in [0, 0.05) is 43.3 Å². The number of fused-ring (bicyclic) bond motifs is 1. The first-order valence-corrected chi connectivity index (χ1v) is 13.2. The van der Waals surface area contributed by atoms with Crippen LogP contribution in [0.5, 0.6) is 0 Å². The number of carbonyl (C=O) groups is 3. The number of likely N-dealkylation sites (tertiary alicyclic amines) is 1. The Labute approximate surface area is 233 Å². The van der Waals surface area contributed by atoms with Crippen LogP contribution in [0.1, 0.15) is 47.2 Å². The number of rotatable bonds is 5. The van der Waals surface area contributed by atoms with Gasteiger partial charge in [-0.3, -0.25) is 19.9 Å². The predicted octanol–water partition coefficient (Wildman–Crippen LogP) is 3.33. The van der Waals surface area contributed by atoms with Crippen LogP contribution >= 0.6 is 11.6 Å². The van der Waals surface area contributed by atoms with Gasteiger partial charge < -0.3 is 24.4 Å². The lowest BCUT2D eigenvalue weighted by Gasteiger charge is -2.36. The number of carbonyl (C=O) groups excluding carboxylic acids is 3. The Morgan fingerprint density at radius 1 is 1.23 bits per heavy atom. The number of halogens is 1. The Bertz CT molecular complexity index is 1300. The summed E-state index contributed by atoms with van der Waals surface area (Å²) in [6, 6.07) is 8.44. The van der Waals surface area contributed by atoms with Gasteiger partial charge in [0.25, 0.3) is 11.8 Å². The highest BCUT2D eigenvalue weighted by atomic mass is 35.5. The van der Waals surface area contributed by atoms with Crippen LogP contribution in [0, 0.1) is 0 Å². The van der Waals surface area contributed by atoms with Crippen molar-refractivity contribution in [1.82, 2.24) is 25.3 Å². The molecule has 2 aromatic rings. The number of nitrogens with one attached hydrogen (secondary N) is 2. The third-order valence-corrected chi connectivity index (χ3v) is 7.78. The van der Waals surface area contributed by atoms with Crippen molar-refractivity contribution in [3.05, 3.63) is 64.6 Å². The van der Waals surface area contributed by atoms with Gasteiger partial charge in [-0.05, 0) is 69.8 Å². The van der Waals surface area contributed by atoms with E-state index in [0.29, 0.717) is 22.9 Å². The molecular formula is C28H35ClN6O4. The maximum Gasteiger partial charge on any atom is 0.322 e. The Morgan fingerprint density at radius 2 is 1.95 bits per heavy atom. The zero-order valence-corrected chi connectivity index (χ0v) is 23.5. The molecule has 2 N–H and O–H groups in total. The summed E-state index contributed by atoms with van der Waals surface area (Å²) in [5.74, 6) is 1.03. The number of hydrogen-bond acceptors (Lipinski definition) is 6. The largest absolute Gasteiger partial charge is 0.459 e. The van der Waals surface area contributed by atoms with Gasteiger partial charge in [-0.2, -0.15) is 0 Å². The van der Waals surface area contributed by atoms with E-state index in [4.69, 9.17) is 16.0 Å². The number of nitrogens with zero attached hydrogens (tertiary/aromatic N) is 4. The highest BCUT2D eigenvalue weighted by Crippen LogP contribution is 2.33. The van der Waals surface area contributed by atoms with Crippen molar-refractivity contribution in [2.24, 2.45) is 4.99 Å². The standard InChI is InChI=1S/C18H14ClN3O4.C10H21N3/c1-2-12-5-6-14(26-12)18(16(24)20-17(25)21-18)9-22-8-10-3-4-11(19)7-13(10)15(22)23;1-9(11-2)13-7-5-10(6-8-13)12(3)4/h2-7H,1,8-9H2,(H2,20,21,24,25);10H,5-8H2,1-4H3. The monoisotopic (exact) mass is 554 g/mol. The number of amidine groups is 1. The quantitative estimate of drug-likeness (QED) is 0.333. The van der Waals surface area contributed by atoms with E-state index in [2.05, 4.69) is 53.0 Å². The molecule has 4 heterocycles. The first kappa shape index (κ1) is 28.4. The fourth-order valence-corrected chi connectivity index (χ4v) is 5.31. The van der Waals surface area contributed by atoms with Crippen molar-refractivity contribution in [3.63, 3.8) is 0 Å². The molecule has 0 spiro atoms. The van der Waals surface area contributed by atoms with Crippen LogP contribution in [0.15, 0.2) is 46.3 Å². The summed E-state index contributed by atoms with van der Waals surface area (Å²) in [5.41, 5.74) is -0.200. The molecule has 4 amide bonds. The lowest BCUT2D eigenvalue weighted by atomic mass is 9.95. The summed E-state index contributed by atoms with van der Waals surface area (Å²) in [7, 11) is 6.20. The van der Waals surface area contributed by atoms with Crippen molar-refractivity contribution in [2.75, 3.05) is 40.8 Å². The normalized spacial score (nSPS) is 21.5. The van der Waals surface area contributed by atoms with Crippen molar-refractivity contribution in [2.45, 2.75) is 37.9 Å². The molecule has 1 aromatic heterocycles. The van der Waals surface area contributed by atoms with Gasteiger partial charge in [0.05, 0.1) is 12.4 Å². The second kappa shape index (κ2) is 11.6. The summed E-state index contributed by atoms with van der Waals surface area (Å²) in [4.78, 5) is 47.5. The van der Waals surface area contributed by atoms with E-state index >= 15 is 0 Å². The predicted molar refractivity (Wildman–Crippen MR) is 151 cm³/mol. The van der Waals surface area contributed by atoms with Crippen molar-refractivity contribution in [1.29, 1.82) is 0 Å². The second-order valence-corrected chi connectivity index (χ2v) is 10.6. The number of furan rings is 1. The molecule has 2 saturated heterocycles. The van der Waals surface area contributed by atoms with Gasteiger partial charge in [0.15, 0.2) is 5.54 Å². The SMILES string of the molecule is C=Cc1ccc(C2(CN3Cc4ccc(Cl)cc4C3=O)NC(=O)NC2=O)o1.CN=C(C)N1CCC(N(C)C)CC1. The van der Waals surface area contributed by atoms with Crippen LogP contribution in [-0.2, 0) is 16.9 Å². The number of imide groups is 1. The number of piperidine rings is 1. The third-order valence-electron chi connectivity index (χ3n) is 7.55. The van der Waals surface area contributed by atoms with Gasteiger partial charge in [-0.15, -0.1) is 0 Å². The minimum Gasteiger partial charge on any atom is -0.459 e. The number of hydrogen-bond donors (Lipinski definition) is 2. The number of benzene rings is 1. The summed E-state index contributed by atoms with van der Waals surface area (Å²) >= 11 is 5.97. The molecule has 10 nitrogen and oxygen atoms in total. The zero-order chi connectivity index (χ0) is 28.3. The van der Waals surface area contributed by atoms with Gasteiger partial charge in [-0.25, -0.2) is 4.79 Å². The van der Waals surface area contributed by atoms with E-state index in [-0.39, 0.29) is 18.2 Å². The molecule has 1 aromatic carbocycles. The number of urea groups is 1. The molecule has 5 rings (SSSR count). The second-order valence-electron chi connectivity index (χ2n) is 10.1. The van der Waals surface area contributed by atoms with E-state index in [1.54, 1.807) is 30.3 Å². The van der Waals surface area contributed by atoms with Crippen molar-refractivity contribution >= 4 is 41.4 Å². The molecule has 2 fully saturated rings. The molecule has 3 aliphatic heterocycles. The van der Waals surface area contributed by atoms with Crippen LogP contribution in [0.25, 0.3) is 6.08 Å². The first-order chi connectivity index (χ1) is 18.6. The fourth-order valence-electron chi connectivity index (χ4n) is 5.14. The lowest BCUT2D eigenvalue weighted by Crippen LogP contribution is -2.52. The minimum atomic E-state index is -1.50. The molecule has 1 atom stereocenters. The Hall–Kier alpha value is -3.63. The Balaban J connectivity index is 0.000000229. The average molecular weight is 555 g/mol. The first-order valence-electron chi connectivity index (χ1n) is 12.9. The fraction of sp³-hybridized carbons (Fsp3) is 0.429. The van der Waals surface area contributed by atoms with Crippen LogP contribution in [0.2, 0.25) is 5.02 Å². The van der Waals surface area contributed by atoms with Crippen molar-refractivity contribution < 1.29 is 18.8 Å². The summed E-state index contributed by atoms with van der Waals surface area (Å²) in [5, 5.41) is 5.29. The lowest BCUT2D eigenvalue weighted by molar-refractivity contribution is -0.125. The van der Waals surface area contributed by atoms with Crippen LogP contribution in [-0.4, -0.2) is 85.2 Å². The minimum absolute atomic E-state index is 0.0696. The topological polar surface area (TPSA) is 110 Å². The van der Waals surface area contributed by atoms with Gasteiger partial charge in [-0.1, -0.05) is 24.2 Å². The van der Waals surface area contributed by atoms with Gasteiger partial charge in [0.1, 0.15) is 11.5 Å². The van der Waals surface area contributed by atoms with E-state index in [1.807, 2.05) is 7.05 Å². The molecule has 0 bridgehead atoms. The Morgan fingerprint density at radius 3 is 2.51 bits per heavy atom. The van der Waals surface area contributed by atoms with E-state index in [9.17, 15) is 14.4 Å². The molecule has 1 unspecified atom stereocenters. The smallest absolute Gasteiger partial charge is 0.322 e. The molecule has 3 aliphatic rings. The average Bonchev–Trinajstić information content (AvgIpc) is 3.61. The van der Waals surface area contributed by atoms with E-state index in [1.165, 1.54) is 29.7 Å². The van der Waals surface area contributed by atoms with E-state index in [0.717, 1.165) is 24.7 Å². The van der Waals surface area contributed by atoms with Gasteiger partial charge in [0.2, 0.25) is 0 Å². The highest BCUT2D eigenvalue weighted by Gasteiger charge is 2.52. The third kappa shape index (κ3) is 5.86. The Kier molecular flexibility index (Phi) is 8.46. The molecule has 0 aliphatic carbocycles. The molecule has 0 radical (unpaired) electrons. The van der Waals surface area contributed by atoms with Crippen LogP contribution in [0.4, 0.5) is 4.79 Å².